The second-order valence-electron chi connectivity index (χ2n) is 5.61. The average Bonchev–Trinajstić information content (AvgIpc) is 3.35. The molecule has 7 nitrogen and oxygen atoms in total. The Hall–Kier alpha value is -3.35. The number of nitrogens with one attached hydrogen (secondary N) is 1. The van der Waals surface area contributed by atoms with Gasteiger partial charge < -0.3 is 18.7 Å². The van der Waals surface area contributed by atoms with Crippen molar-refractivity contribution in [3.05, 3.63) is 60.2 Å². The Morgan fingerprint density at radius 3 is 2.68 bits per heavy atom. The van der Waals surface area contributed by atoms with Gasteiger partial charge in [-0.15, -0.1) is 0 Å². The average molecular weight is 336 g/mol. The molecular weight excluding hydrogens is 320 g/mol. The fourth-order valence-electron chi connectivity index (χ4n) is 2.55. The van der Waals surface area contributed by atoms with E-state index < -0.39 is 0 Å². The minimum atomic E-state index is 0.493. The zero-order chi connectivity index (χ0) is 17.2. The van der Waals surface area contributed by atoms with E-state index in [1.54, 1.807) is 18.7 Å². The number of nitrogens with zero attached hydrogens (tertiary/aromatic N) is 3. The quantitative estimate of drug-likeness (QED) is 0.583. The van der Waals surface area contributed by atoms with Gasteiger partial charge in [-0.25, -0.2) is 9.97 Å². The van der Waals surface area contributed by atoms with Crippen molar-refractivity contribution >= 4 is 5.95 Å². The van der Waals surface area contributed by atoms with Crippen molar-refractivity contribution in [2.75, 3.05) is 5.32 Å². The molecule has 126 valence electrons. The predicted octanol–water partition coefficient (Wildman–Crippen LogP) is 4.21. The molecule has 25 heavy (non-hydrogen) atoms. The van der Waals surface area contributed by atoms with E-state index in [2.05, 4.69) is 20.4 Å². The molecule has 4 aromatic heterocycles. The minimum Gasteiger partial charge on any atom is -0.469 e. The van der Waals surface area contributed by atoms with Crippen LogP contribution in [0.25, 0.3) is 22.6 Å². The highest BCUT2D eigenvalue weighted by Crippen LogP contribution is 2.33. The predicted molar refractivity (Wildman–Crippen MR) is 90.7 cm³/mol. The molecule has 7 heteroatoms. The normalized spacial score (nSPS) is 11.0. The van der Waals surface area contributed by atoms with Gasteiger partial charge in [0.05, 0.1) is 36.0 Å². The van der Waals surface area contributed by atoms with Crippen molar-refractivity contribution < 1.29 is 13.4 Å². The third kappa shape index (κ3) is 3.03. The second-order valence-corrected chi connectivity index (χ2v) is 5.61. The Bertz CT molecular complexity index is 986. The molecule has 0 spiro atoms. The number of furan rings is 2. The number of hydrogen-bond donors (Lipinski definition) is 1. The fraction of sp³-hybridized carbons (Fsp3) is 0.167. The molecule has 0 bridgehead atoms. The maximum absolute atomic E-state index is 5.43. The lowest BCUT2D eigenvalue weighted by Gasteiger charge is -2.08. The van der Waals surface area contributed by atoms with Gasteiger partial charge in [0.1, 0.15) is 11.5 Å². The number of anilines is 1. The lowest BCUT2D eigenvalue weighted by atomic mass is 10.1. The first-order valence-electron chi connectivity index (χ1n) is 7.82. The zero-order valence-corrected chi connectivity index (χ0v) is 13.8. The molecule has 0 aliphatic carbocycles. The van der Waals surface area contributed by atoms with Gasteiger partial charge in [-0.2, -0.15) is 0 Å². The monoisotopic (exact) mass is 336 g/mol. The topological polar surface area (TPSA) is 90.1 Å². The van der Waals surface area contributed by atoms with Crippen molar-refractivity contribution in [2.24, 2.45) is 0 Å². The van der Waals surface area contributed by atoms with Crippen molar-refractivity contribution in [3.63, 3.8) is 0 Å². The first kappa shape index (κ1) is 15.2. The van der Waals surface area contributed by atoms with Crippen LogP contribution in [0.4, 0.5) is 5.95 Å². The molecule has 0 saturated heterocycles. The van der Waals surface area contributed by atoms with E-state index in [1.165, 1.54) is 0 Å². The van der Waals surface area contributed by atoms with E-state index in [1.807, 2.05) is 38.1 Å². The van der Waals surface area contributed by atoms with Gasteiger partial charge in [0.15, 0.2) is 5.76 Å². The summed E-state index contributed by atoms with van der Waals surface area (Å²) in [6.07, 6.45) is 4.99. The highest BCUT2D eigenvalue weighted by molar-refractivity contribution is 5.79. The molecule has 0 unspecified atom stereocenters. The molecule has 4 heterocycles. The van der Waals surface area contributed by atoms with Crippen LogP contribution in [0.5, 0.6) is 0 Å². The van der Waals surface area contributed by atoms with E-state index in [0.29, 0.717) is 18.3 Å². The highest BCUT2D eigenvalue weighted by Gasteiger charge is 2.18. The van der Waals surface area contributed by atoms with Crippen molar-refractivity contribution in [1.29, 1.82) is 0 Å². The summed E-state index contributed by atoms with van der Waals surface area (Å²) in [6.45, 7) is 4.26. The first-order chi connectivity index (χ1) is 12.2. The summed E-state index contributed by atoms with van der Waals surface area (Å²) in [4.78, 5) is 9.03. The molecule has 0 atom stereocenters. The highest BCUT2D eigenvalue weighted by atomic mass is 16.5. The van der Waals surface area contributed by atoms with Crippen LogP contribution in [-0.2, 0) is 6.54 Å². The van der Waals surface area contributed by atoms with Gasteiger partial charge in [-0.05, 0) is 32.0 Å². The van der Waals surface area contributed by atoms with Gasteiger partial charge in [0.2, 0.25) is 5.95 Å². The standard InChI is InChI=1S/C18H16N4O3/c1-11-8-16(25-22-11)15-10-20-18(19-9-13-4-3-6-24-13)21-17(15)14-5-7-23-12(14)2/h3-8,10H,9H2,1-2H3,(H,19,20,21). The first-order valence-corrected chi connectivity index (χ1v) is 7.82. The van der Waals surface area contributed by atoms with Crippen LogP contribution in [0.2, 0.25) is 0 Å². The summed E-state index contributed by atoms with van der Waals surface area (Å²) in [7, 11) is 0. The minimum absolute atomic E-state index is 0.493. The molecule has 4 rings (SSSR count). The fourth-order valence-corrected chi connectivity index (χ4v) is 2.55. The van der Waals surface area contributed by atoms with Crippen LogP contribution < -0.4 is 5.32 Å². The van der Waals surface area contributed by atoms with Gasteiger partial charge in [-0.1, -0.05) is 5.16 Å². The molecule has 1 N–H and O–H groups in total. The van der Waals surface area contributed by atoms with Crippen LogP contribution in [0.1, 0.15) is 17.2 Å². The summed E-state index contributed by atoms with van der Waals surface area (Å²) in [5.74, 6) is 2.69. The van der Waals surface area contributed by atoms with E-state index in [4.69, 9.17) is 13.4 Å². The van der Waals surface area contributed by atoms with E-state index in [0.717, 1.165) is 34.0 Å². The van der Waals surface area contributed by atoms with Crippen LogP contribution in [0, 0.1) is 13.8 Å². The Labute approximate surface area is 143 Å². The molecule has 4 aromatic rings. The maximum Gasteiger partial charge on any atom is 0.223 e. The molecule has 0 aromatic carbocycles. The Balaban J connectivity index is 1.73. The van der Waals surface area contributed by atoms with E-state index in [-0.39, 0.29) is 0 Å². The van der Waals surface area contributed by atoms with Crippen LogP contribution in [0.15, 0.2) is 56.3 Å². The third-order valence-electron chi connectivity index (χ3n) is 3.80. The molecule has 0 aliphatic rings. The molecule has 0 aliphatic heterocycles. The lowest BCUT2D eigenvalue weighted by Crippen LogP contribution is -2.04. The zero-order valence-electron chi connectivity index (χ0n) is 13.8. The van der Waals surface area contributed by atoms with Crippen LogP contribution >= 0.6 is 0 Å². The summed E-state index contributed by atoms with van der Waals surface area (Å²) in [5, 5.41) is 7.11. The van der Waals surface area contributed by atoms with Crippen molar-refractivity contribution in [2.45, 2.75) is 20.4 Å². The Morgan fingerprint density at radius 1 is 1.08 bits per heavy atom. The number of aromatic nitrogens is 3. The van der Waals surface area contributed by atoms with Gasteiger partial charge in [0, 0.05) is 17.8 Å². The number of aryl methyl sites for hydroxylation is 2. The summed E-state index contributed by atoms with van der Waals surface area (Å²) in [5.41, 5.74) is 3.16. The Morgan fingerprint density at radius 2 is 2.00 bits per heavy atom. The molecule has 0 fully saturated rings. The number of hydrogen-bond acceptors (Lipinski definition) is 7. The summed E-state index contributed by atoms with van der Waals surface area (Å²) in [6, 6.07) is 7.46. The smallest absolute Gasteiger partial charge is 0.223 e. The Kier molecular flexibility index (Phi) is 3.81. The third-order valence-corrected chi connectivity index (χ3v) is 3.80. The second kappa shape index (κ2) is 6.27. The van der Waals surface area contributed by atoms with Crippen LogP contribution in [-0.4, -0.2) is 15.1 Å². The summed E-state index contributed by atoms with van der Waals surface area (Å²) < 4.78 is 16.1. The lowest BCUT2D eigenvalue weighted by molar-refractivity contribution is 0.427. The van der Waals surface area contributed by atoms with E-state index in [9.17, 15) is 0 Å². The van der Waals surface area contributed by atoms with Crippen molar-refractivity contribution in [1.82, 2.24) is 15.1 Å². The maximum atomic E-state index is 5.43. The van der Waals surface area contributed by atoms with E-state index >= 15 is 0 Å². The summed E-state index contributed by atoms with van der Waals surface area (Å²) >= 11 is 0. The van der Waals surface area contributed by atoms with Gasteiger partial charge >= 0.3 is 0 Å². The molecule has 0 amide bonds. The van der Waals surface area contributed by atoms with Crippen molar-refractivity contribution in [3.8, 4) is 22.6 Å². The molecule has 0 radical (unpaired) electrons. The number of rotatable bonds is 5. The molecular formula is C18H16N4O3. The van der Waals surface area contributed by atoms with Gasteiger partial charge in [-0.3, -0.25) is 0 Å². The molecule has 0 saturated carbocycles. The van der Waals surface area contributed by atoms with Gasteiger partial charge in [0.25, 0.3) is 0 Å². The largest absolute Gasteiger partial charge is 0.469 e. The SMILES string of the molecule is Cc1cc(-c2cnc(NCc3ccco3)nc2-c2ccoc2C)on1. The van der Waals surface area contributed by atoms with Crippen LogP contribution in [0.3, 0.4) is 0 Å².